The van der Waals surface area contributed by atoms with Crippen LogP contribution in [-0.4, -0.2) is 85.6 Å². The number of hydrogen-bond donors (Lipinski definition) is 0. The van der Waals surface area contributed by atoms with Crippen LogP contribution in [0, 0.1) is 48.5 Å². The third-order valence-corrected chi connectivity index (χ3v) is 14.8. The largest absolute Gasteiger partial charge is 0.258 e. The molecule has 17 heteroatoms. The van der Waals surface area contributed by atoms with E-state index in [1.54, 1.807) is 25.5 Å². The summed E-state index contributed by atoms with van der Waals surface area (Å²) in [5, 5.41) is 31.6. The van der Waals surface area contributed by atoms with Gasteiger partial charge in [-0.25, -0.2) is 34.9 Å². The molecule has 0 saturated heterocycles. The van der Waals surface area contributed by atoms with Crippen molar-refractivity contribution in [1.29, 1.82) is 0 Å². The lowest BCUT2D eigenvalue weighted by molar-refractivity contribution is 0.816. The van der Waals surface area contributed by atoms with Crippen molar-refractivity contribution in [2.75, 3.05) is 0 Å². The van der Waals surface area contributed by atoms with E-state index in [2.05, 4.69) is 97.8 Å². The summed E-state index contributed by atoms with van der Waals surface area (Å²) >= 11 is 0. The second-order valence-electron chi connectivity index (χ2n) is 23.1. The Balaban J connectivity index is 0.000000130. The normalized spacial score (nSPS) is 10.1. The third-order valence-electron chi connectivity index (χ3n) is 14.8. The highest BCUT2D eigenvalue weighted by molar-refractivity contribution is 5.65. The van der Waals surface area contributed by atoms with E-state index in [1.165, 1.54) is 0 Å². The van der Waals surface area contributed by atoms with Crippen LogP contribution in [0.3, 0.4) is 0 Å². The van der Waals surface area contributed by atoms with E-state index >= 15 is 0 Å². The predicted molar refractivity (Wildman–Crippen MR) is 410 cm³/mol. The van der Waals surface area contributed by atoms with Gasteiger partial charge in [-0.15, -0.1) is 20.4 Å². The van der Waals surface area contributed by atoms with Gasteiger partial charge in [0.05, 0.1) is 46.6 Å². The van der Waals surface area contributed by atoms with E-state index in [0.29, 0.717) is 23.3 Å². The Morgan fingerprint density at radius 1 is 0.184 bits per heavy atom. The molecule has 0 aliphatic heterocycles. The lowest BCUT2D eigenvalue weighted by Gasteiger charge is -2.06. The quantitative estimate of drug-likeness (QED) is 0.131. The molecule has 9 aromatic carbocycles. The fourth-order valence-electron chi connectivity index (χ4n) is 9.59. The average Bonchev–Trinajstić information content (AvgIpc) is 1.05. The maximum Gasteiger partial charge on any atom is 0.203 e. The van der Waals surface area contributed by atoms with Crippen molar-refractivity contribution in [2.45, 2.75) is 48.5 Å². The lowest BCUT2D eigenvalue weighted by Crippen LogP contribution is -1.99. The Morgan fingerprint density at radius 2 is 0.573 bits per heavy atom. The number of aryl methyl sites for hydroxylation is 7. The van der Waals surface area contributed by atoms with Gasteiger partial charge in [0.25, 0.3) is 0 Å². The van der Waals surface area contributed by atoms with Crippen LogP contribution in [0.2, 0.25) is 0 Å². The van der Waals surface area contributed by atoms with Gasteiger partial charge in [0.1, 0.15) is 5.82 Å². The van der Waals surface area contributed by atoms with Crippen LogP contribution in [-0.2, 0) is 0 Å². The molecule has 16 aromatic rings. The van der Waals surface area contributed by atoms with Crippen LogP contribution in [0.1, 0.15) is 39.9 Å². The second-order valence-corrected chi connectivity index (χ2v) is 23.1. The molecule has 0 aliphatic rings. The summed E-state index contributed by atoms with van der Waals surface area (Å²) in [5.74, 6) is 4.86. The molecule has 0 spiro atoms. The van der Waals surface area contributed by atoms with Gasteiger partial charge < -0.3 is 0 Å². The minimum Gasteiger partial charge on any atom is -0.258 e. The number of hydrogen-bond acceptors (Lipinski definition) is 17. The summed E-state index contributed by atoms with van der Waals surface area (Å²) in [6.07, 6.45) is 8.99. The molecule has 0 aliphatic carbocycles. The van der Waals surface area contributed by atoms with E-state index in [-0.39, 0.29) is 0 Å². The molecule has 16 rings (SSSR count). The summed E-state index contributed by atoms with van der Waals surface area (Å²) in [5.41, 5.74) is 18.3. The van der Waals surface area contributed by atoms with Crippen molar-refractivity contribution in [3.05, 3.63) is 368 Å². The highest BCUT2D eigenvalue weighted by Gasteiger charge is 2.10. The molecule has 0 unspecified atom stereocenters. The number of aromatic nitrogens is 17. The first-order chi connectivity index (χ1) is 50.5. The Hall–Kier alpha value is -13.7. The Morgan fingerprint density at radius 3 is 0.981 bits per heavy atom. The zero-order valence-corrected chi connectivity index (χ0v) is 58.3. The molecule has 7 heterocycles. The number of rotatable bonds is 9. The highest BCUT2D eigenvalue weighted by atomic mass is 15.3. The Labute approximate surface area is 600 Å². The minimum atomic E-state index is 0.561. The fourth-order valence-corrected chi connectivity index (χ4v) is 9.59. The van der Waals surface area contributed by atoms with Gasteiger partial charge in [-0.2, -0.15) is 20.4 Å². The van der Waals surface area contributed by atoms with Crippen LogP contribution < -0.4 is 0 Å². The summed E-state index contributed by atoms with van der Waals surface area (Å²) < 4.78 is 0. The van der Waals surface area contributed by atoms with Crippen molar-refractivity contribution in [3.63, 3.8) is 0 Å². The monoisotopic (exact) mass is 1350 g/mol. The molecule has 17 nitrogen and oxygen atoms in total. The zero-order chi connectivity index (χ0) is 71.6. The number of benzene rings is 9. The maximum absolute atomic E-state index is 4.66. The average molecular weight is 1350 g/mol. The van der Waals surface area contributed by atoms with Crippen LogP contribution in [0.25, 0.3) is 102 Å². The van der Waals surface area contributed by atoms with Crippen molar-refractivity contribution >= 4 is 0 Å². The van der Waals surface area contributed by atoms with Crippen molar-refractivity contribution < 1.29 is 0 Å². The van der Waals surface area contributed by atoms with Crippen LogP contribution >= 0.6 is 0 Å². The van der Waals surface area contributed by atoms with Gasteiger partial charge in [0.15, 0.2) is 29.1 Å². The molecule has 0 N–H and O–H groups in total. The first-order valence-electron chi connectivity index (χ1n) is 33.2. The molecule has 0 amide bonds. The molecule has 0 radical (unpaired) electrons. The van der Waals surface area contributed by atoms with Crippen molar-refractivity contribution in [2.24, 2.45) is 0 Å². The van der Waals surface area contributed by atoms with Crippen molar-refractivity contribution in [1.82, 2.24) is 85.6 Å². The van der Waals surface area contributed by atoms with Gasteiger partial charge in [-0.1, -0.05) is 273 Å². The summed E-state index contributed by atoms with van der Waals surface area (Å²) in [6, 6.07) is 97.9. The third kappa shape index (κ3) is 23.2. The maximum atomic E-state index is 4.66. The Kier molecular flexibility index (Phi) is 26.9. The number of nitrogens with zero attached hydrogens (tertiary/aromatic N) is 17. The van der Waals surface area contributed by atoms with Crippen molar-refractivity contribution in [3.8, 4) is 102 Å². The molecule has 0 saturated carbocycles. The molecular formula is C86H75N17. The molecule has 0 fully saturated rings. The summed E-state index contributed by atoms with van der Waals surface area (Å²) in [7, 11) is 0. The van der Waals surface area contributed by atoms with Gasteiger partial charge in [0.2, 0.25) is 5.82 Å². The van der Waals surface area contributed by atoms with E-state index < -0.39 is 0 Å². The summed E-state index contributed by atoms with van der Waals surface area (Å²) in [4.78, 5) is 39.5. The first-order valence-corrected chi connectivity index (χ1v) is 33.2. The Bertz CT molecular complexity index is 4520. The van der Waals surface area contributed by atoms with E-state index in [9.17, 15) is 0 Å². The molecule has 7 aromatic heterocycles. The SMILES string of the molecule is Cc1cc(-c2ccccc2)nc(-c2ccccc2)n1.Cc1ccc(-c2ccccc2)nn1.Cc1cnc(-c2ccccc2)cn1.Cc1cnc(-c2ccccc2)nc1.Cc1cnnc(-c2ccccc2)c1.Cc1nc(-c2ccccc2)nc(-c2ccccc2)n1.Cc1nnc(-c2ccccc2)nn1. The van der Waals surface area contributed by atoms with E-state index in [4.69, 9.17) is 0 Å². The molecule has 0 atom stereocenters. The summed E-state index contributed by atoms with van der Waals surface area (Å²) in [6.45, 7) is 13.5. The van der Waals surface area contributed by atoms with Gasteiger partial charge >= 0.3 is 0 Å². The van der Waals surface area contributed by atoms with Gasteiger partial charge in [-0.05, 0) is 83.9 Å². The lowest BCUT2D eigenvalue weighted by atomic mass is 10.1. The molecular weight excluding hydrogens is 1270 g/mol. The topological polar surface area (TPSA) is 219 Å². The fraction of sp³-hybridized carbons (Fsp3) is 0.0814. The standard InChI is InChI=1S/C17H14N2.C16H13N3.4C11H10N2.C9H8N4/c1-13-12-16(14-8-4-2-5-9-14)19-17(18-13)15-10-6-3-7-11-15;1-12-17-15(13-8-4-2-5-9-13)19-16(18-12)14-10-6-3-7-11-14;1-9-7-13-11(8-12-9)10-5-3-2-4-6-10;1-9-7-12-11(13-8-9)10-5-3-2-4-6-10;1-9-7-11(13-12-8-9)10-5-3-2-4-6-10;1-9-7-8-11(13-12-9)10-5-3-2-4-6-10;1-7-10-12-9(13-11-7)8-5-3-2-4-6-8/h2-12H,1H3;2-11H,1H3;4*2-8H,1H3;2-6H,1H3. The van der Waals surface area contributed by atoms with E-state index in [1.807, 2.05) is 339 Å². The second kappa shape index (κ2) is 38.5. The zero-order valence-electron chi connectivity index (χ0n) is 58.3. The molecule has 0 bridgehead atoms. The predicted octanol–water partition coefficient (Wildman–Crippen LogP) is 18.7. The van der Waals surface area contributed by atoms with Gasteiger partial charge in [0, 0.05) is 74.4 Å². The van der Waals surface area contributed by atoms with Crippen LogP contribution in [0.15, 0.2) is 328 Å². The first kappa shape index (κ1) is 72.1. The minimum absolute atomic E-state index is 0.561. The van der Waals surface area contributed by atoms with Crippen LogP contribution in [0.5, 0.6) is 0 Å². The van der Waals surface area contributed by atoms with Crippen LogP contribution in [0.4, 0.5) is 0 Å². The molecule has 103 heavy (non-hydrogen) atoms. The highest BCUT2D eigenvalue weighted by Crippen LogP contribution is 2.24. The molecule has 504 valence electrons. The van der Waals surface area contributed by atoms with E-state index in [0.717, 1.165) is 119 Å². The smallest absolute Gasteiger partial charge is 0.203 e. The van der Waals surface area contributed by atoms with Gasteiger partial charge in [-0.3, -0.25) is 9.97 Å².